The summed E-state index contributed by atoms with van der Waals surface area (Å²) in [5, 5.41) is 13.5. The number of rotatable bonds is 6. The Kier molecular flexibility index (Phi) is 6.50. The molecule has 1 atom stereocenters. The highest BCUT2D eigenvalue weighted by Crippen LogP contribution is 2.35. The molecule has 1 heterocycles. The number of nitro groups is 1. The molecule has 3 aromatic rings. The molecule has 166 valence electrons. The summed E-state index contributed by atoms with van der Waals surface area (Å²) in [5.41, 5.74) is 2.38. The lowest BCUT2D eigenvalue weighted by Gasteiger charge is -2.16. The number of nitrogens with one attached hydrogen (secondary N) is 1. The van der Waals surface area contributed by atoms with E-state index in [1.807, 2.05) is 60.7 Å². The molecule has 2 amide bonds. The van der Waals surface area contributed by atoms with Crippen molar-refractivity contribution in [3.05, 3.63) is 94.5 Å². The Labute approximate surface area is 194 Å². The van der Waals surface area contributed by atoms with Crippen molar-refractivity contribution < 1.29 is 14.5 Å². The second kappa shape index (κ2) is 9.66. The predicted octanol–water partition coefficient (Wildman–Crippen LogP) is 5.07. The molecule has 9 heteroatoms. The molecule has 8 nitrogen and oxygen atoms in total. The van der Waals surface area contributed by atoms with Gasteiger partial charge in [-0.2, -0.15) is 0 Å². The van der Waals surface area contributed by atoms with Gasteiger partial charge in [-0.05, 0) is 42.8 Å². The topological polar surface area (TPSA) is 105 Å². The number of nitrogens with zero attached hydrogens (tertiary/aromatic N) is 3. The molecule has 1 N–H and O–H groups in total. The van der Waals surface area contributed by atoms with Gasteiger partial charge < -0.3 is 5.32 Å². The molecule has 0 aliphatic carbocycles. The number of hydrogen-bond donors (Lipinski definition) is 1. The van der Waals surface area contributed by atoms with Gasteiger partial charge in [0.25, 0.3) is 5.69 Å². The lowest BCUT2D eigenvalue weighted by atomic mass is 10.1. The van der Waals surface area contributed by atoms with E-state index < -0.39 is 10.2 Å². The first-order valence-electron chi connectivity index (χ1n) is 10.2. The normalized spacial score (nSPS) is 16.8. The minimum absolute atomic E-state index is 0.0488. The number of amidine groups is 1. The number of anilines is 2. The second-order valence-corrected chi connectivity index (χ2v) is 8.52. The van der Waals surface area contributed by atoms with Gasteiger partial charge in [-0.25, -0.2) is 4.99 Å². The predicted molar refractivity (Wildman–Crippen MR) is 130 cm³/mol. The Balaban J connectivity index is 1.54. The Morgan fingerprint density at radius 2 is 1.76 bits per heavy atom. The number of non-ortho nitro benzene ring substituents is 1. The Morgan fingerprint density at radius 3 is 2.39 bits per heavy atom. The quantitative estimate of drug-likeness (QED) is 0.409. The van der Waals surface area contributed by atoms with Gasteiger partial charge in [0.1, 0.15) is 5.25 Å². The zero-order chi connectivity index (χ0) is 23.4. The van der Waals surface area contributed by atoms with Gasteiger partial charge in [-0.1, -0.05) is 48.2 Å². The number of hydrogen-bond acceptors (Lipinski definition) is 6. The third-order valence-electron chi connectivity index (χ3n) is 5.00. The average Bonchev–Trinajstić information content (AvgIpc) is 3.10. The number of carbonyl (C=O) groups excluding carboxylic acids is 2. The number of benzene rings is 3. The minimum atomic E-state index is -0.647. The summed E-state index contributed by atoms with van der Waals surface area (Å²) in [6.07, 6.45) is -0.0585. The number of para-hydroxylation sites is 2. The van der Waals surface area contributed by atoms with E-state index in [-0.39, 0.29) is 23.9 Å². The zero-order valence-corrected chi connectivity index (χ0v) is 18.5. The van der Waals surface area contributed by atoms with E-state index >= 15 is 0 Å². The first kappa shape index (κ1) is 22.2. The maximum atomic E-state index is 13.3. The molecule has 3 aromatic carbocycles. The van der Waals surface area contributed by atoms with Crippen LogP contribution in [0.1, 0.15) is 12.0 Å². The lowest BCUT2D eigenvalue weighted by Crippen LogP contribution is -2.33. The number of thioether (sulfide) groups is 1. The van der Waals surface area contributed by atoms with Crippen molar-refractivity contribution in [3.8, 4) is 0 Å². The molecule has 0 radical (unpaired) electrons. The van der Waals surface area contributed by atoms with Gasteiger partial charge in [0.2, 0.25) is 11.8 Å². The lowest BCUT2D eigenvalue weighted by molar-refractivity contribution is -0.384. The van der Waals surface area contributed by atoms with Crippen LogP contribution in [0.3, 0.4) is 0 Å². The van der Waals surface area contributed by atoms with Crippen LogP contribution in [0.4, 0.5) is 22.7 Å². The van der Waals surface area contributed by atoms with E-state index in [4.69, 9.17) is 0 Å². The van der Waals surface area contributed by atoms with E-state index in [2.05, 4.69) is 10.3 Å². The summed E-state index contributed by atoms with van der Waals surface area (Å²) in [6.45, 7) is 1.68. The molecule has 1 unspecified atom stereocenters. The van der Waals surface area contributed by atoms with Crippen LogP contribution in [0.5, 0.6) is 0 Å². The van der Waals surface area contributed by atoms with Crippen molar-refractivity contribution in [3.63, 3.8) is 0 Å². The highest BCUT2D eigenvalue weighted by Gasteiger charge is 2.40. The van der Waals surface area contributed by atoms with Crippen molar-refractivity contribution in [1.29, 1.82) is 0 Å². The third-order valence-corrected chi connectivity index (χ3v) is 6.13. The smallest absolute Gasteiger partial charge is 0.269 e. The van der Waals surface area contributed by atoms with Crippen molar-refractivity contribution >= 4 is 51.5 Å². The van der Waals surface area contributed by atoms with Crippen LogP contribution in [-0.2, 0) is 9.59 Å². The molecule has 33 heavy (non-hydrogen) atoms. The number of nitro benzene ring substituents is 1. The van der Waals surface area contributed by atoms with E-state index in [1.54, 1.807) is 6.92 Å². The summed E-state index contributed by atoms with van der Waals surface area (Å²) >= 11 is 1.24. The van der Waals surface area contributed by atoms with E-state index in [0.29, 0.717) is 27.8 Å². The zero-order valence-electron chi connectivity index (χ0n) is 17.7. The number of aryl methyl sites for hydroxylation is 1. The largest absolute Gasteiger partial charge is 0.326 e. The maximum Gasteiger partial charge on any atom is 0.269 e. The van der Waals surface area contributed by atoms with Gasteiger partial charge in [0, 0.05) is 24.2 Å². The summed E-state index contributed by atoms with van der Waals surface area (Å²) in [5.74, 6) is -0.580. The van der Waals surface area contributed by atoms with E-state index in [1.165, 1.54) is 34.9 Å². The van der Waals surface area contributed by atoms with Crippen molar-refractivity contribution in [2.75, 3.05) is 10.2 Å². The number of carbonyl (C=O) groups is 2. The average molecular weight is 461 g/mol. The van der Waals surface area contributed by atoms with Crippen LogP contribution in [0.15, 0.2) is 83.9 Å². The fraction of sp³-hybridized carbons (Fsp3) is 0.125. The second-order valence-electron chi connectivity index (χ2n) is 7.35. The van der Waals surface area contributed by atoms with Crippen LogP contribution in [0.25, 0.3) is 0 Å². The minimum Gasteiger partial charge on any atom is -0.326 e. The molecule has 1 fully saturated rings. The van der Waals surface area contributed by atoms with Gasteiger partial charge >= 0.3 is 0 Å². The molecule has 4 rings (SSSR count). The van der Waals surface area contributed by atoms with Gasteiger partial charge in [0.05, 0.1) is 16.3 Å². The van der Waals surface area contributed by atoms with Crippen LogP contribution in [0, 0.1) is 17.0 Å². The van der Waals surface area contributed by atoms with Gasteiger partial charge in [0.15, 0.2) is 5.17 Å². The highest BCUT2D eigenvalue weighted by atomic mass is 32.2. The Hall–Kier alpha value is -3.98. The number of amides is 2. The molecular formula is C24H20N4O4S. The molecule has 0 bridgehead atoms. The Morgan fingerprint density at radius 1 is 1.09 bits per heavy atom. The molecule has 1 aliphatic rings. The molecule has 1 aliphatic heterocycles. The summed E-state index contributed by atoms with van der Waals surface area (Å²) in [4.78, 5) is 42.6. The Bertz CT molecular complexity index is 1230. The van der Waals surface area contributed by atoms with Gasteiger partial charge in [-0.3, -0.25) is 24.6 Å². The molecule has 0 spiro atoms. The first-order chi connectivity index (χ1) is 15.9. The summed E-state index contributed by atoms with van der Waals surface area (Å²) in [7, 11) is 0. The molecular weight excluding hydrogens is 440 g/mol. The molecule has 0 aromatic heterocycles. The number of aliphatic imine (C=N–C) groups is 1. The third kappa shape index (κ3) is 5.09. The van der Waals surface area contributed by atoms with Crippen molar-refractivity contribution in [1.82, 2.24) is 0 Å². The van der Waals surface area contributed by atoms with Crippen LogP contribution >= 0.6 is 11.8 Å². The van der Waals surface area contributed by atoms with Crippen molar-refractivity contribution in [2.45, 2.75) is 18.6 Å². The highest BCUT2D eigenvalue weighted by molar-refractivity contribution is 8.16. The fourth-order valence-corrected chi connectivity index (χ4v) is 4.53. The first-order valence-corrected chi connectivity index (χ1v) is 11.0. The van der Waals surface area contributed by atoms with Crippen LogP contribution < -0.4 is 10.2 Å². The van der Waals surface area contributed by atoms with Crippen LogP contribution in [-0.4, -0.2) is 27.2 Å². The molecule has 1 saturated heterocycles. The summed E-state index contributed by atoms with van der Waals surface area (Å²) in [6, 6.07) is 22.7. The maximum absolute atomic E-state index is 13.3. The van der Waals surface area contributed by atoms with Crippen LogP contribution in [0.2, 0.25) is 0 Å². The fourth-order valence-electron chi connectivity index (χ4n) is 3.37. The van der Waals surface area contributed by atoms with Gasteiger partial charge in [-0.15, -0.1) is 0 Å². The molecule has 0 saturated carbocycles. The monoisotopic (exact) mass is 460 g/mol. The van der Waals surface area contributed by atoms with E-state index in [0.717, 1.165) is 0 Å². The summed E-state index contributed by atoms with van der Waals surface area (Å²) < 4.78 is 0. The van der Waals surface area contributed by atoms with Crippen molar-refractivity contribution in [2.24, 2.45) is 4.99 Å². The SMILES string of the molecule is Cc1cc([N+](=O)[O-])ccc1NC(=O)CC1SC(=Nc2ccccc2)N(c2ccccc2)C1=O. The van der Waals surface area contributed by atoms with E-state index in [9.17, 15) is 19.7 Å². The standard InChI is InChI=1S/C24H20N4O4S/c1-16-14-19(28(31)32)12-13-20(16)26-22(29)15-21-23(30)27(18-10-6-3-7-11-18)24(33-21)25-17-8-4-2-5-9-17/h2-14,21H,15H2,1H3,(H,26,29).